The molecule has 4 aliphatic rings. The number of hydrogen-bond acceptors (Lipinski definition) is 12. The summed E-state index contributed by atoms with van der Waals surface area (Å²) in [5.74, 6) is 6.49. The van der Waals surface area contributed by atoms with Gasteiger partial charge in [-0.25, -0.2) is 0 Å². The average molecular weight is 1150 g/mol. The van der Waals surface area contributed by atoms with Crippen molar-refractivity contribution in [3.8, 4) is 0 Å². The second-order valence-electron chi connectivity index (χ2n) is 24.9. The first-order valence-electron chi connectivity index (χ1n) is 27.9. The third-order valence-corrected chi connectivity index (χ3v) is 36.1. The van der Waals surface area contributed by atoms with E-state index < -0.39 is 28.5 Å². The Balaban J connectivity index is 1.22. The van der Waals surface area contributed by atoms with Crippen LogP contribution in [-0.2, 0) is 33.7 Å². The van der Waals surface area contributed by atoms with Crippen LogP contribution < -0.4 is 0 Å². The highest BCUT2D eigenvalue weighted by Crippen LogP contribution is 2.61. The van der Waals surface area contributed by atoms with E-state index in [0.29, 0.717) is 25.6 Å². The Hall–Kier alpha value is 0.474. The molecule has 6 nitrogen and oxygen atoms in total. The second kappa shape index (κ2) is 27.3. The quantitative estimate of drug-likeness (QED) is 0.0761. The van der Waals surface area contributed by atoms with Crippen molar-refractivity contribution in [3.63, 3.8) is 0 Å². The maximum Gasteiger partial charge on any atom is 0.192 e. The highest BCUT2D eigenvalue weighted by molar-refractivity contribution is 8.19. The molecule has 0 amide bonds. The minimum Gasteiger partial charge on any atom is -0.413 e. The van der Waals surface area contributed by atoms with E-state index in [0.717, 1.165) is 62.0 Å². The van der Waals surface area contributed by atoms with Crippen LogP contribution in [0, 0.1) is 11.8 Å². The van der Waals surface area contributed by atoms with Crippen LogP contribution in [0.15, 0.2) is 73.3 Å². The molecular weight excluding hydrogens is 1050 g/mol. The van der Waals surface area contributed by atoms with Crippen LogP contribution in [0.3, 0.4) is 0 Å². The average Bonchev–Trinajstić information content (AvgIpc) is 3.32. The van der Waals surface area contributed by atoms with Crippen molar-refractivity contribution in [3.05, 3.63) is 84.4 Å². The second-order valence-corrected chi connectivity index (χ2v) is 43.7. The molecule has 0 aliphatic carbocycles. The van der Waals surface area contributed by atoms with E-state index in [1.807, 2.05) is 19.9 Å². The molecule has 6 rings (SSSR count). The van der Waals surface area contributed by atoms with Gasteiger partial charge in [0.15, 0.2) is 22.4 Å². The summed E-state index contributed by atoms with van der Waals surface area (Å²) in [5, 5.41) is 12.6. The third-order valence-electron chi connectivity index (χ3n) is 16.6. The zero-order chi connectivity index (χ0) is 53.2. The molecular formula is C59H98O6S6Si2. The number of aliphatic hydroxyl groups excluding tert-OH is 1. The van der Waals surface area contributed by atoms with Crippen LogP contribution in [0.25, 0.3) is 0 Å². The Kier molecular flexibility index (Phi) is 23.4. The molecule has 4 heterocycles. The molecule has 14 heteroatoms. The van der Waals surface area contributed by atoms with Gasteiger partial charge in [0.1, 0.15) is 0 Å². The summed E-state index contributed by atoms with van der Waals surface area (Å²) >= 11 is 13.0. The molecule has 1 N–H and O–H groups in total. The van der Waals surface area contributed by atoms with Crippen LogP contribution in [-0.4, -0.2) is 107 Å². The van der Waals surface area contributed by atoms with Gasteiger partial charge in [-0.1, -0.05) is 115 Å². The maximum atomic E-state index is 12.5. The molecule has 4 saturated heterocycles. The molecule has 73 heavy (non-hydrogen) atoms. The zero-order valence-electron chi connectivity index (χ0n) is 47.5. The molecule has 0 unspecified atom stereocenters. The molecule has 4 fully saturated rings. The van der Waals surface area contributed by atoms with Gasteiger partial charge in [-0.15, -0.1) is 77.2 Å². The molecule has 2 aromatic rings. The Bertz CT molecular complexity index is 1950. The summed E-state index contributed by atoms with van der Waals surface area (Å²) in [5.41, 5.74) is 2.62. The van der Waals surface area contributed by atoms with Crippen LogP contribution in [0.2, 0.25) is 36.3 Å². The molecule has 0 radical (unpaired) electrons. The van der Waals surface area contributed by atoms with Crippen molar-refractivity contribution in [1.29, 1.82) is 0 Å². The monoisotopic (exact) mass is 1150 g/mol. The summed E-state index contributed by atoms with van der Waals surface area (Å²) in [4.78, 5) is 0. The Morgan fingerprint density at radius 1 is 0.712 bits per heavy atom. The number of thioether (sulfide) groups is 6. The summed E-state index contributed by atoms with van der Waals surface area (Å²) in [6.07, 6.45) is 12.5. The minimum absolute atomic E-state index is 0.0211. The van der Waals surface area contributed by atoms with Crippen LogP contribution in [0.5, 0.6) is 0 Å². The topological polar surface area (TPSA) is 66.4 Å². The fourth-order valence-electron chi connectivity index (χ4n) is 10.7. The lowest BCUT2D eigenvalue weighted by Gasteiger charge is -2.51. The summed E-state index contributed by atoms with van der Waals surface area (Å²) in [6, 6.07) is 21.8. The number of hydrogen-bond donors (Lipinski definition) is 1. The van der Waals surface area contributed by atoms with Crippen molar-refractivity contribution >= 4 is 87.2 Å². The number of benzene rings is 2. The van der Waals surface area contributed by atoms with E-state index in [9.17, 15) is 5.11 Å². The summed E-state index contributed by atoms with van der Waals surface area (Å²) in [6.45, 7) is 36.0. The first-order valence-corrected chi connectivity index (χ1v) is 39.6. The van der Waals surface area contributed by atoms with Gasteiger partial charge in [-0.3, -0.25) is 0 Å². The molecule has 414 valence electrons. The van der Waals surface area contributed by atoms with Gasteiger partial charge < -0.3 is 28.2 Å². The Labute approximate surface area is 473 Å². The first kappa shape index (κ1) is 62.7. The lowest BCUT2D eigenvalue weighted by atomic mass is 9.87. The minimum atomic E-state index is -2.27. The largest absolute Gasteiger partial charge is 0.413 e. The first-order chi connectivity index (χ1) is 34.4. The van der Waals surface area contributed by atoms with Gasteiger partial charge in [0.25, 0.3) is 0 Å². The van der Waals surface area contributed by atoms with Crippen molar-refractivity contribution in [2.75, 3.05) is 41.1 Å². The van der Waals surface area contributed by atoms with Crippen molar-refractivity contribution in [2.24, 2.45) is 11.8 Å². The SMILES string of the molecule is C=C[C@@H]([C@@H]1C[C@@H](COCc2ccccc2)OC(C)(C)O1)[C@H](CC1(C[C@@H](O)CCCC2(C[C@@H](O[Si](C)(C)C(C)(C)C)[C@H](CC)C3(c4ccccc4)SCCCS3)SCCCS2)SCCCS1)O[Si](C)(C)C(C)(C)C. The third kappa shape index (κ3) is 17.2. The van der Waals surface area contributed by atoms with Crippen molar-refractivity contribution in [1.82, 2.24) is 0 Å². The smallest absolute Gasteiger partial charge is 0.192 e. The van der Waals surface area contributed by atoms with Crippen molar-refractivity contribution < 1.29 is 28.2 Å². The van der Waals surface area contributed by atoms with Gasteiger partial charge in [0.2, 0.25) is 0 Å². The number of rotatable bonds is 25. The zero-order valence-corrected chi connectivity index (χ0v) is 54.4. The summed E-state index contributed by atoms with van der Waals surface area (Å²) < 4.78 is 35.0. The lowest BCUT2D eigenvalue weighted by molar-refractivity contribution is -0.314. The van der Waals surface area contributed by atoms with E-state index in [1.165, 1.54) is 47.8 Å². The normalized spacial score (nSPS) is 24.7. The molecule has 2 aromatic carbocycles. The van der Waals surface area contributed by atoms with E-state index in [4.69, 9.17) is 23.1 Å². The van der Waals surface area contributed by atoms with Gasteiger partial charge in [0.05, 0.1) is 56.0 Å². The summed E-state index contributed by atoms with van der Waals surface area (Å²) in [7, 11) is -4.42. The molecule has 0 bridgehead atoms. The maximum absolute atomic E-state index is 12.5. The molecule has 7 atom stereocenters. The van der Waals surface area contributed by atoms with Gasteiger partial charge >= 0.3 is 0 Å². The highest BCUT2D eigenvalue weighted by atomic mass is 32.2. The van der Waals surface area contributed by atoms with Crippen LogP contribution in [0.1, 0.15) is 144 Å². The lowest BCUT2D eigenvalue weighted by Crippen LogP contribution is -2.54. The van der Waals surface area contributed by atoms with Crippen LogP contribution in [0.4, 0.5) is 0 Å². The highest BCUT2D eigenvalue weighted by Gasteiger charge is 2.53. The van der Waals surface area contributed by atoms with Gasteiger partial charge in [-0.2, -0.15) is 0 Å². The van der Waals surface area contributed by atoms with E-state index in [2.05, 4.69) is 212 Å². The van der Waals surface area contributed by atoms with Gasteiger partial charge in [-0.05, 0) is 160 Å². The van der Waals surface area contributed by atoms with Crippen LogP contribution >= 0.6 is 70.6 Å². The number of aliphatic hydroxyl groups is 1. The van der Waals surface area contributed by atoms with Gasteiger partial charge in [0, 0.05) is 18.3 Å². The fraction of sp³-hybridized carbons (Fsp3) is 0.763. The van der Waals surface area contributed by atoms with E-state index in [1.54, 1.807) is 0 Å². The predicted octanol–water partition coefficient (Wildman–Crippen LogP) is 17.3. The molecule has 4 aliphatic heterocycles. The molecule has 0 saturated carbocycles. The Morgan fingerprint density at radius 2 is 1.22 bits per heavy atom. The van der Waals surface area contributed by atoms with E-state index >= 15 is 0 Å². The Morgan fingerprint density at radius 3 is 1.75 bits per heavy atom. The predicted molar refractivity (Wildman–Crippen MR) is 332 cm³/mol. The molecule has 0 aromatic heterocycles. The van der Waals surface area contributed by atoms with Crippen molar-refractivity contribution in [2.45, 2.75) is 224 Å². The standard InChI is InChI=1S/C59H98O6S6Si2/c1-15-49(51-39-48(62-56(9,10)63-51)44-61-43-45-27-19-17-20-28-45)52(64-72(11,12)54(3,4)5)41-58(68-35-25-36-69-58)40-47(60)31-23-32-57(66-33-24-34-67-57)42-53(65-73(13,14)55(6,7)8)50(16-2)59(70-37-26-38-71-59)46-29-21-18-22-30-46/h15,17-22,27-30,47-53,60H,1,16,23-26,31-44H2,2-14H3/t47-,48-,49-,50-,51-,52-,53+/m0/s1. The fourth-order valence-corrected chi connectivity index (χ4v) is 24.3. The van der Waals surface area contributed by atoms with E-state index in [-0.39, 0.29) is 52.6 Å². The number of ether oxygens (including phenoxy) is 3. The molecule has 0 spiro atoms.